The van der Waals surface area contributed by atoms with E-state index in [1.54, 1.807) is 0 Å². The summed E-state index contributed by atoms with van der Waals surface area (Å²) in [4.78, 5) is 30.5. The summed E-state index contributed by atoms with van der Waals surface area (Å²) in [5, 5.41) is 3.40. The van der Waals surface area contributed by atoms with E-state index in [1.165, 1.54) is 36.9 Å². The monoisotopic (exact) mass is 483 g/mol. The lowest BCUT2D eigenvalue weighted by Crippen LogP contribution is -2.51. The number of hydrogen-bond acceptors (Lipinski definition) is 3. The van der Waals surface area contributed by atoms with Crippen LogP contribution in [0.25, 0.3) is 0 Å². The molecule has 2 amide bonds. The summed E-state index contributed by atoms with van der Waals surface area (Å²) < 4.78 is 0. The molecular weight excluding hydrogens is 434 g/mol. The summed E-state index contributed by atoms with van der Waals surface area (Å²) in [7, 11) is 0. The second kappa shape index (κ2) is 10.6. The minimum atomic E-state index is -0.348. The van der Waals surface area contributed by atoms with Crippen LogP contribution < -0.4 is 5.32 Å². The summed E-state index contributed by atoms with van der Waals surface area (Å²) in [6.07, 6.45) is 7.90. The lowest BCUT2D eigenvalue weighted by molar-refractivity contribution is -0.138. The van der Waals surface area contributed by atoms with Crippen LogP contribution in [0.2, 0.25) is 0 Å². The fourth-order valence-electron chi connectivity index (χ4n) is 6.45. The smallest absolute Gasteiger partial charge is 0.243 e. The zero-order valence-corrected chi connectivity index (χ0v) is 22.7. The Morgan fingerprint density at radius 2 is 1.86 bits per heavy atom. The quantitative estimate of drug-likeness (QED) is 0.542. The first-order valence-corrected chi connectivity index (χ1v) is 14.0. The predicted molar refractivity (Wildman–Crippen MR) is 144 cm³/mol. The van der Waals surface area contributed by atoms with Crippen LogP contribution in [0.4, 0.5) is 0 Å². The number of piperidine rings is 1. The summed E-state index contributed by atoms with van der Waals surface area (Å²) in [6.45, 7) is 15.5. The Bertz CT molecular complexity index is 902. The molecule has 1 aromatic rings. The first-order valence-electron chi connectivity index (χ1n) is 14.0. The number of nitrogens with zero attached hydrogens (tertiary/aromatic N) is 2. The maximum atomic E-state index is 13.5. The highest BCUT2D eigenvalue weighted by Gasteiger charge is 2.43. The van der Waals surface area contributed by atoms with Crippen LogP contribution in [-0.4, -0.2) is 53.8 Å². The van der Waals surface area contributed by atoms with E-state index in [1.807, 2.05) is 4.90 Å². The molecule has 35 heavy (non-hydrogen) atoms. The van der Waals surface area contributed by atoms with Gasteiger partial charge in [0.2, 0.25) is 11.8 Å². The third-order valence-electron chi connectivity index (χ3n) is 8.61. The molecule has 5 nitrogen and oxygen atoms in total. The standard InChI is InChI=1S/C30H47N3O2.H2/c1-22(2)21-26(33-17-8-11-27(33)34)28(35)31-25-12-13-30(24-10-7-6-9-23(24)25)15-19-32(20-16-30)18-14-29(3,4)5;/h6-7,9-10,22,25-26H,8,11-21H2,1-5H3,(H,31,35);1H/t25-,26-;/m0./s1. The van der Waals surface area contributed by atoms with Gasteiger partial charge in [0.25, 0.3) is 0 Å². The average Bonchev–Trinajstić information content (AvgIpc) is 3.24. The summed E-state index contributed by atoms with van der Waals surface area (Å²) >= 11 is 0. The van der Waals surface area contributed by atoms with Gasteiger partial charge in [0, 0.05) is 14.4 Å². The topological polar surface area (TPSA) is 52.7 Å². The molecule has 0 bridgehead atoms. The molecule has 5 heteroatoms. The highest BCUT2D eigenvalue weighted by Crippen LogP contribution is 2.48. The Labute approximate surface area is 214 Å². The fourth-order valence-corrected chi connectivity index (χ4v) is 6.45. The van der Waals surface area contributed by atoms with Crippen molar-refractivity contribution in [2.75, 3.05) is 26.2 Å². The van der Waals surface area contributed by atoms with E-state index < -0.39 is 0 Å². The van der Waals surface area contributed by atoms with Gasteiger partial charge in [0.1, 0.15) is 6.04 Å². The van der Waals surface area contributed by atoms with Gasteiger partial charge in [0.05, 0.1) is 6.04 Å². The number of carbonyl (C=O) groups is 2. The molecule has 1 aromatic carbocycles. The minimum Gasteiger partial charge on any atom is -0.347 e. The zero-order valence-electron chi connectivity index (χ0n) is 22.7. The van der Waals surface area contributed by atoms with Crippen molar-refractivity contribution in [3.63, 3.8) is 0 Å². The van der Waals surface area contributed by atoms with Crippen LogP contribution >= 0.6 is 0 Å². The van der Waals surface area contributed by atoms with E-state index in [2.05, 4.69) is 69.1 Å². The molecule has 2 atom stereocenters. The molecule has 2 aliphatic heterocycles. The number of benzene rings is 1. The van der Waals surface area contributed by atoms with Gasteiger partial charge in [-0.05, 0) is 92.5 Å². The normalized spacial score (nSPS) is 23.5. The Morgan fingerprint density at radius 3 is 2.49 bits per heavy atom. The summed E-state index contributed by atoms with van der Waals surface area (Å²) in [5.41, 5.74) is 3.36. The fraction of sp³-hybridized carbons (Fsp3) is 0.733. The van der Waals surface area contributed by atoms with Gasteiger partial charge in [-0.1, -0.05) is 58.9 Å². The van der Waals surface area contributed by atoms with Crippen LogP contribution in [0.5, 0.6) is 0 Å². The van der Waals surface area contributed by atoms with E-state index >= 15 is 0 Å². The van der Waals surface area contributed by atoms with Crippen molar-refractivity contribution in [2.45, 2.75) is 103 Å². The number of rotatable bonds is 7. The lowest BCUT2D eigenvalue weighted by Gasteiger charge is -2.47. The average molecular weight is 484 g/mol. The van der Waals surface area contributed by atoms with Crippen molar-refractivity contribution in [3.8, 4) is 0 Å². The zero-order chi connectivity index (χ0) is 25.2. The molecule has 3 aliphatic rings. The van der Waals surface area contributed by atoms with Crippen LogP contribution in [0.15, 0.2) is 24.3 Å². The molecule has 0 aromatic heterocycles. The SMILES string of the molecule is CC(C)C[C@@H](C(=O)N[C@H]1CCC2(CCN(CCC(C)(C)C)CC2)c2ccccc21)N1CCCC1=O.[HH]. The van der Waals surface area contributed by atoms with Crippen LogP contribution in [0, 0.1) is 11.3 Å². The van der Waals surface area contributed by atoms with Crippen LogP contribution in [-0.2, 0) is 15.0 Å². The third-order valence-corrected chi connectivity index (χ3v) is 8.61. The Hall–Kier alpha value is -1.88. The van der Waals surface area contributed by atoms with Gasteiger partial charge in [-0.2, -0.15) is 0 Å². The van der Waals surface area contributed by atoms with Gasteiger partial charge in [-0.3, -0.25) is 9.59 Å². The molecular formula is C30H49N3O2. The number of hydrogen-bond donors (Lipinski definition) is 1. The molecule has 1 aliphatic carbocycles. The predicted octanol–water partition coefficient (Wildman–Crippen LogP) is 5.69. The molecule has 0 unspecified atom stereocenters. The van der Waals surface area contributed by atoms with Gasteiger partial charge in [-0.25, -0.2) is 0 Å². The summed E-state index contributed by atoms with van der Waals surface area (Å²) in [6, 6.07) is 8.51. The molecule has 2 fully saturated rings. The first-order chi connectivity index (χ1) is 16.6. The molecule has 196 valence electrons. The number of nitrogens with one attached hydrogen (secondary N) is 1. The van der Waals surface area contributed by atoms with Crippen LogP contribution in [0.1, 0.15) is 105 Å². The number of fused-ring (bicyclic) bond motifs is 2. The van der Waals surface area contributed by atoms with Crippen molar-refractivity contribution in [3.05, 3.63) is 35.4 Å². The number of carbonyl (C=O) groups excluding carboxylic acids is 2. The van der Waals surface area contributed by atoms with E-state index in [9.17, 15) is 9.59 Å². The third kappa shape index (κ3) is 6.10. The minimum absolute atomic E-state index is 0. The second-order valence-electron chi connectivity index (χ2n) is 13.0. The highest BCUT2D eigenvalue weighted by atomic mass is 16.2. The van der Waals surface area contributed by atoms with Gasteiger partial charge in [-0.15, -0.1) is 0 Å². The van der Waals surface area contributed by atoms with E-state index in [4.69, 9.17) is 0 Å². The van der Waals surface area contributed by atoms with Crippen molar-refractivity contribution in [2.24, 2.45) is 11.3 Å². The maximum absolute atomic E-state index is 13.5. The van der Waals surface area contributed by atoms with E-state index in [-0.39, 0.29) is 30.7 Å². The molecule has 1 N–H and O–H groups in total. The summed E-state index contributed by atoms with van der Waals surface area (Å²) in [5.74, 6) is 0.526. The first kappa shape index (κ1) is 26.2. The Morgan fingerprint density at radius 1 is 1.14 bits per heavy atom. The Balaban J connectivity index is 0.00000361. The molecule has 1 spiro atoms. The van der Waals surface area contributed by atoms with Crippen LogP contribution in [0.3, 0.4) is 0 Å². The van der Waals surface area contributed by atoms with Gasteiger partial charge < -0.3 is 15.1 Å². The van der Waals surface area contributed by atoms with E-state index in [0.717, 1.165) is 38.8 Å². The van der Waals surface area contributed by atoms with E-state index in [0.29, 0.717) is 24.3 Å². The van der Waals surface area contributed by atoms with Gasteiger partial charge in [0.15, 0.2) is 0 Å². The molecule has 4 rings (SSSR count). The second-order valence-corrected chi connectivity index (χ2v) is 13.0. The highest BCUT2D eigenvalue weighted by molar-refractivity contribution is 5.88. The largest absolute Gasteiger partial charge is 0.347 e. The molecule has 0 radical (unpaired) electrons. The van der Waals surface area contributed by atoms with Crippen molar-refractivity contribution >= 4 is 11.8 Å². The number of amides is 2. The van der Waals surface area contributed by atoms with Crippen molar-refractivity contribution in [1.29, 1.82) is 0 Å². The molecule has 2 saturated heterocycles. The van der Waals surface area contributed by atoms with Crippen molar-refractivity contribution in [1.82, 2.24) is 15.1 Å². The molecule has 2 heterocycles. The Kier molecular flexibility index (Phi) is 7.95. The van der Waals surface area contributed by atoms with Gasteiger partial charge >= 0.3 is 0 Å². The number of likely N-dealkylation sites (tertiary alicyclic amines) is 2. The molecule has 0 saturated carbocycles. The maximum Gasteiger partial charge on any atom is 0.243 e. The van der Waals surface area contributed by atoms with Crippen molar-refractivity contribution < 1.29 is 11.0 Å². The lowest BCUT2D eigenvalue weighted by atomic mass is 9.63.